The molecule has 0 bridgehead atoms. The van der Waals surface area contributed by atoms with Gasteiger partial charge in [0, 0.05) is 10.9 Å². The van der Waals surface area contributed by atoms with Gasteiger partial charge in [0.15, 0.2) is 5.78 Å². The van der Waals surface area contributed by atoms with Gasteiger partial charge in [-0.3, -0.25) is 4.79 Å². The number of hydrogen-bond acceptors (Lipinski definition) is 1. The molecular formula is C13H15BrO. The average Bonchev–Trinajstić information content (AvgIpc) is 2.23. The van der Waals surface area contributed by atoms with Crippen LogP contribution in [0.5, 0.6) is 0 Å². The number of allylic oxidation sites excluding steroid dienone is 2. The molecule has 0 amide bonds. The van der Waals surface area contributed by atoms with Crippen LogP contribution in [0.4, 0.5) is 0 Å². The number of hydrogen-bond donors (Lipinski definition) is 0. The topological polar surface area (TPSA) is 17.1 Å². The fraction of sp³-hybridized carbons (Fsp3) is 0.308. The van der Waals surface area contributed by atoms with E-state index in [9.17, 15) is 4.79 Å². The van der Waals surface area contributed by atoms with Gasteiger partial charge in [0.2, 0.25) is 0 Å². The lowest BCUT2D eigenvalue weighted by Crippen LogP contribution is -2.05. The van der Waals surface area contributed by atoms with E-state index >= 15 is 0 Å². The average molecular weight is 267 g/mol. The van der Waals surface area contributed by atoms with Crippen LogP contribution in [-0.4, -0.2) is 5.78 Å². The Morgan fingerprint density at radius 2 is 1.93 bits per heavy atom. The summed E-state index contributed by atoms with van der Waals surface area (Å²) >= 11 is 3.37. The first-order valence-electron chi connectivity index (χ1n) is 5.10. The molecule has 0 heterocycles. The van der Waals surface area contributed by atoms with Gasteiger partial charge in [0.05, 0.1) is 0 Å². The van der Waals surface area contributed by atoms with E-state index in [0.717, 1.165) is 22.0 Å². The van der Waals surface area contributed by atoms with Crippen LogP contribution >= 0.6 is 15.9 Å². The smallest absolute Gasteiger partial charge is 0.162 e. The molecule has 0 N–H and O–H groups in total. The normalized spacial score (nSPS) is 11.5. The second-order valence-corrected chi connectivity index (χ2v) is 4.31. The minimum Gasteiger partial charge on any atom is -0.294 e. The van der Waals surface area contributed by atoms with Gasteiger partial charge in [-0.05, 0) is 36.6 Å². The molecule has 0 aliphatic carbocycles. The first kappa shape index (κ1) is 12.2. The van der Waals surface area contributed by atoms with Crippen molar-refractivity contribution >= 4 is 21.7 Å². The predicted octanol–water partition coefficient (Wildman–Crippen LogP) is 3.92. The SMILES string of the molecule is C/C=C(/CC)C(=O)Cc1ccc(Br)cc1. The highest BCUT2D eigenvalue weighted by Gasteiger charge is 2.07. The number of carbonyl (C=O) groups excluding carboxylic acids is 1. The second-order valence-electron chi connectivity index (χ2n) is 3.39. The predicted molar refractivity (Wildman–Crippen MR) is 66.9 cm³/mol. The lowest BCUT2D eigenvalue weighted by atomic mass is 10.0. The Kier molecular flexibility index (Phi) is 4.76. The lowest BCUT2D eigenvalue weighted by Gasteiger charge is -2.03. The van der Waals surface area contributed by atoms with E-state index in [1.54, 1.807) is 0 Å². The number of halogens is 1. The van der Waals surface area contributed by atoms with Crippen LogP contribution in [0.3, 0.4) is 0 Å². The molecule has 1 rings (SSSR count). The maximum atomic E-state index is 11.8. The van der Waals surface area contributed by atoms with Crippen LogP contribution in [-0.2, 0) is 11.2 Å². The van der Waals surface area contributed by atoms with Crippen molar-refractivity contribution in [1.29, 1.82) is 0 Å². The highest BCUT2D eigenvalue weighted by molar-refractivity contribution is 9.10. The summed E-state index contributed by atoms with van der Waals surface area (Å²) in [6.07, 6.45) is 3.22. The van der Waals surface area contributed by atoms with Crippen LogP contribution in [0, 0.1) is 0 Å². The summed E-state index contributed by atoms with van der Waals surface area (Å²) in [6, 6.07) is 7.88. The van der Waals surface area contributed by atoms with E-state index in [2.05, 4.69) is 15.9 Å². The largest absolute Gasteiger partial charge is 0.294 e. The second kappa shape index (κ2) is 5.86. The monoisotopic (exact) mass is 266 g/mol. The Hall–Kier alpha value is -0.890. The van der Waals surface area contributed by atoms with Gasteiger partial charge in [-0.15, -0.1) is 0 Å². The summed E-state index contributed by atoms with van der Waals surface area (Å²) in [7, 11) is 0. The van der Waals surface area contributed by atoms with Gasteiger partial charge < -0.3 is 0 Å². The van der Waals surface area contributed by atoms with Crippen molar-refractivity contribution in [1.82, 2.24) is 0 Å². The molecule has 15 heavy (non-hydrogen) atoms. The fourth-order valence-electron chi connectivity index (χ4n) is 1.46. The first-order valence-corrected chi connectivity index (χ1v) is 5.89. The molecule has 80 valence electrons. The molecule has 0 saturated carbocycles. The zero-order valence-electron chi connectivity index (χ0n) is 9.09. The van der Waals surface area contributed by atoms with Crippen LogP contribution in [0.15, 0.2) is 40.4 Å². The number of carbonyl (C=O) groups is 1. The maximum Gasteiger partial charge on any atom is 0.162 e. The number of ketones is 1. The third-order valence-corrected chi connectivity index (χ3v) is 2.89. The van der Waals surface area contributed by atoms with Crippen LogP contribution < -0.4 is 0 Å². The third kappa shape index (κ3) is 3.63. The van der Waals surface area contributed by atoms with E-state index in [1.807, 2.05) is 44.2 Å². The van der Waals surface area contributed by atoms with E-state index < -0.39 is 0 Å². The summed E-state index contributed by atoms with van der Waals surface area (Å²) in [4.78, 5) is 11.8. The van der Waals surface area contributed by atoms with E-state index in [-0.39, 0.29) is 5.78 Å². The molecule has 0 unspecified atom stereocenters. The zero-order chi connectivity index (χ0) is 11.3. The van der Waals surface area contributed by atoms with Crippen LogP contribution in [0.1, 0.15) is 25.8 Å². The van der Waals surface area contributed by atoms with Crippen molar-refractivity contribution in [3.63, 3.8) is 0 Å². The summed E-state index contributed by atoms with van der Waals surface area (Å²) in [5.41, 5.74) is 1.98. The van der Waals surface area contributed by atoms with Gasteiger partial charge >= 0.3 is 0 Å². The minimum absolute atomic E-state index is 0.224. The number of rotatable bonds is 4. The Morgan fingerprint density at radius 3 is 2.40 bits per heavy atom. The van der Waals surface area contributed by atoms with Crippen molar-refractivity contribution in [3.8, 4) is 0 Å². The van der Waals surface area contributed by atoms with E-state index in [0.29, 0.717) is 6.42 Å². The number of Topliss-reactive ketones (excluding diaryl/α,β-unsaturated/α-hetero) is 1. The molecular weight excluding hydrogens is 252 g/mol. The first-order chi connectivity index (χ1) is 7.17. The van der Waals surface area contributed by atoms with Crippen LogP contribution in [0.25, 0.3) is 0 Å². The summed E-state index contributed by atoms with van der Waals surface area (Å²) in [5, 5.41) is 0. The van der Waals surface area contributed by atoms with Crippen LogP contribution in [0.2, 0.25) is 0 Å². The van der Waals surface area contributed by atoms with Gasteiger partial charge in [0.1, 0.15) is 0 Å². The number of benzene rings is 1. The standard InChI is InChI=1S/C13H15BrO/c1-3-11(4-2)13(15)9-10-5-7-12(14)8-6-10/h3,5-8H,4,9H2,1-2H3/b11-3-. The molecule has 0 radical (unpaired) electrons. The van der Waals surface area contributed by atoms with Gasteiger partial charge in [0.25, 0.3) is 0 Å². The van der Waals surface area contributed by atoms with Crippen molar-refractivity contribution in [2.45, 2.75) is 26.7 Å². The molecule has 2 heteroatoms. The molecule has 0 aromatic heterocycles. The zero-order valence-corrected chi connectivity index (χ0v) is 10.7. The summed E-state index contributed by atoms with van der Waals surface area (Å²) in [5.74, 6) is 0.224. The van der Waals surface area contributed by atoms with Crippen molar-refractivity contribution < 1.29 is 4.79 Å². The molecule has 0 spiro atoms. The highest BCUT2D eigenvalue weighted by atomic mass is 79.9. The Balaban J connectivity index is 2.70. The van der Waals surface area contributed by atoms with Crippen molar-refractivity contribution in [2.24, 2.45) is 0 Å². The highest BCUT2D eigenvalue weighted by Crippen LogP contribution is 2.13. The third-order valence-electron chi connectivity index (χ3n) is 2.37. The van der Waals surface area contributed by atoms with Crippen molar-refractivity contribution in [3.05, 3.63) is 46.0 Å². The molecule has 0 fully saturated rings. The molecule has 0 saturated heterocycles. The maximum absolute atomic E-state index is 11.8. The summed E-state index contributed by atoms with van der Waals surface area (Å²) in [6.45, 7) is 3.92. The Bertz CT molecular complexity index is 363. The fourth-order valence-corrected chi connectivity index (χ4v) is 1.73. The minimum atomic E-state index is 0.224. The molecule has 1 nitrogen and oxygen atoms in total. The molecule has 0 aliphatic rings. The van der Waals surface area contributed by atoms with Gasteiger partial charge in [-0.25, -0.2) is 0 Å². The molecule has 0 atom stereocenters. The molecule has 1 aromatic rings. The molecule has 1 aromatic carbocycles. The van der Waals surface area contributed by atoms with E-state index in [1.165, 1.54) is 0 Å². The lowest BCUT2D eigenvalue weighted by molar-refractivity contribution is -0.115. The van der Waals surface area contributed by atoms with Gasteiger partial charge in [-0.1, -0.05) is 41.1 Å². The van der Waals surface area contributed by atoms with Gasteiger partial charge in [-0.2, -0.15) is 0 Å². The molecule has 0 aliphatic heterocycles. The Morgan fingerprint density at radius 1 is 1.33 bits per heavy atom. The Labute approximate surface area is 99.3 Å². The van der Waals surface area contributed by atoms with E-state index in [4.69, 9.17) is 0 Å². The quantitative estimate of drug-likeness (QED) is 0.756. The summed E-state index contributed by atoms with van der Waals surface area (Å²) < 4.78 is 1.04. The van der Waals surface area contributed by atoms with Crippen molar-refractivity contribution in [2.75, 3.05) is 0 Å².